The molecule has 2 rings (SSSR count). The number of piperidine rings is 1. The van der Waals surface area contributed by atoms with Gasteiger partial charge in [-0.1, -0.05) is 0 Å². The summed E-state index contributed by atoms with van der Waals surface area (Å²) in [6.45, 7) is 6.45. The second-order valence-electron chi connectivity index (χ2n) is 5.44. The first-order valence-electron chi connectivity index (χ1n) is 7.19. The highest BCUT2D eigenvalue weighted by atomic mass is 16.5. The largest absolute Gasteiger partial charge is 0.493 e. The van der Waals surface area contributed by atoms with Crippen molar-refractivity contribution in [2.75, 3.05) is 19.7 Å². The zero-order valence-electron chi connectivity index (χ0n) is 12.2. The molecule has 1 aromatic heterocycles. The lowest BCUT2D eigenvalue weighted by molar-refractivity contribution is 0.0995. The average Bonchev–Trinajstić information content (AvgIpc) is 2.38. The van der Waals surface area contributed by atoms with Crippen molar-refractivity contribution < 1.29 is 9.53 Å². The second-order valence-corrected chi connectivity index (χ2v) is 5.44. The van der Waals surface area contributed by atoms with Gasteiger partial charge in [0, 0.05) is 11.8 Å². The molecule has 5 nitrogen and oxygen atoms in total. The minimum Gasteiger partial charge on any atom is -0.493 e. The summed E-state index contributed by atoms with van der Waals surface area (Å²) in [6.07, 6.45) is 3.46. The zero-order chi connectivity index (χ0) is 14.5. The predicted octanol–water partition coefficient (Wildman–Crippen LogP) is 1.57. The van der Waals surface area contributed by atoms with E-state index in [-0.39, 0.29) is 0 Å². The van der Waals surface area contributed by atoms with Gasteiger partial charge < -0.3 is 15.8 Å². The van der Waals surface area contributed by atoms with Crippen LogP contribution in [0.15, 0.2) is 6.07 Å². The number of amides is 1. The highest BCUT2D eigenvalue weighted by Gasteiger charge is 2.16. The van der Waals surface area contributed by atoms with E-state index in [4.69, 9.17) is 10.5 Å². The lowest BCUT2D eigenvalue weighted by Crippen LogP contribution is -2.30. The molecule has 1 atom stereocenters. The molecule has 20 heavy (non-hydrogen) atoms. The molecule has 1 unspecified atom stereocenters. The van der Waals surface area contributed by atoms with E-state index < -0.39 is 5.91 Å². The van der Waals surface area contributed by atoms with Gasteiger partial charge in [-0.2, -0.15) is 0 Å². The number of nitrogens with one attached hydrogen (secondary N) is 1. The number of ether oxygens (including phenoxy) is 1. The Morgan fingerprint density at radius 1 is 1.55 bits per heavy atom. The lowest BCUT2D eigenvalue weighted by Gasteiger charge is -2.22. The number of nitrogens with two attached hydrogens (primary N) is 1. The number of pyridine rings is 1. The molecular weight excluding hydrogens is 254 g/mol. The van der Waals surface area contributed by atoms with E-state index in [0.29, 0.717) is 29.5 Å². The molecule has 1 aromatic rings. The van der Waals surface area contributed by atoms with Gasteiger partial charge in [-0.15, -0.1) is 0 Å². The molecule has 110 valence electrons. The molecule has 0 aromatic carbocycles. The van der Waals surface area contributed by atoms with E-state index in [1.165, 1.54) is 12.8 Å². The molecule has 1 amide bonds. The molecule has 1 fully saturated rings. The van der Waals surface area contributed by atoms with Gasteiger partial charge in [-0.25, -0.2) is 0 Å². The van der Waals surface area contributed by atoms with Crippen LogP contribution < -0.4 is 15.8 Å². The molecule has 0 spiro atoms. The van der Waals surface area contributed by atoms with Gasteiger partial charge in [-0.05, 0) is 52.1 Å². The van der Waals surface area contributed by atoms with Gasteiger partial charge in [0.15, 0.2) is 0 Å². The highest BCUT2D eigenvalue weighted by Crippen LogP contribution is 2.23. The molecule has 0 aliphatic carbocycles. The summed E-state index contributed by atoms with van der Waals surface area (Å²) in [5.74, 6) is 0.736. The van der Waals surface area contributed by atoms with Crippen LogP contribution in [0.1, 0.15) is 41.0 Å². The third-order valence-electron chi connectivity index (χ3n) is 3.72. The van der Waals surface area contributed by atoms with Crippen LogP contribution in [0.2, 0.25) is 0 Å². The monoisotopic (exact) mass is 277 g/mol. The van der Waals surface area contributed by atoms with E-state index in [0.717, 1.165) is 25.2 Å². The fourth-order valence-electron chi connectivity index (χ4n) is 2.71. The number of carbonyl (C=O) groups is 1. The Hall–Kier alpha value is -1.62. The van der Waals surface area contributed by atoms with Crippen molar-refractivity contribution in [2.24, 2.45) is 11.7 Å². The summed E-state index contributed by atoms with van der Waals surface area (Å²) in [4.78, 5) is 15.8. The molecular formula is C15H23N3O2. The van der Waals surface area contributed by atoms with Crippen molar-refractivity contribution in [1.82, 2.24) is 10.3 Å². The minimum atomic E-state index is -0.482. The van der Waals surface area contributed by atoms with Crippen LogP contribution in [0.25, 0.3) is 0 Å². The molecule has 3 N–H and O–H groups in total. The van der Waals surface area contributed by atoms with Crippen LogP contribution in [0.5, 0.6) is 5.75 Å². The fourth-order valence-corrected chi connectivity index (χ4v) is 2.71. The van der Waals surface area contributed by atoms with Gasteiger partial charge >= 0.3 is 0 Å². The van der Waals surface area contributed by atoms with Crippen molar-refractivity contribution in [1.29, 1.82) is 0 Å². The van der Waals surface area contributed by atoms with E-state index in [1.54, 1.807) is 13.0 Å². The molecule has 1 aliphatic rings. The van der Waals surface area contributed by atoms with E-state index >= 15 is 0 Å². The van der Waals surface area contributed by atoms with E-state index in [1.807, 2.05) is 6.92 Å². The van der Waals surface area contributed by atoms with Crippen LogP contribution in [0.3, 0.4) is 0 Å². The summed E-state index contributed by atoms with van der Waals surface area (Å²) in [6, 6.07) is 1.78. The Bertz CT molecular complexity index is 482. The first-order chi connectivity index (χ1) is 9.58. The van der Waals surface area contributed by atoms with Gasteiger partial charge in [0.05, 0.1) is 12.3 Å². The number of rotatable bonds is 5. The normalized spacial score (nSPS) is 18.8. The average molecular weight is 277 g/mol. The highest BCUT2D eigenvalue weighted by molar-refractivity contribution is 5.96. The topological polar surface area (TPSA) is 77.2 Å². The third-order valence-corrected chi connectivity index (χ3v) is 3.72. The Kier molecular flexibility index (Phi) is 4.95. The first kappa shape index (κ1) is 14.8. The number of primary amides is 1. The molecule has 0 bridgehead atoms. The molecule has 5 heteroatoms. The lowest BCUT2D eigenvalue weighted by atomic mass is 9.97. The van der Waals surface area contributed by atoms with Crippen LogP contribution in [0, 0.1) is 19.8 Å². The van der Waals surface area contributed by atoms with Gasteiger partial charge in [0.1, 0.15) is 11.3 Å². The van der Waals surface area contributed by atoms with Crippen LogP contribution in [0.4, 0.5) is 0 Å². The summed E-state index contributed by atoms with van der Waals surface area (Å²) in [7, 11) is 0. The summed E-state index contributed by atoms with van der Waals surface area (Å²) < 4.78 is 5.79. The molecule has 0 saturated carbocycles. The SMILES string of the molecule is Cc1cc(OCCC2CCCNC2)c(C(N)=O)c(C)n1. The van der Waals surface area contributed by atoms with Gasteiger partial charge in [0.25, 0.3) is 5.91 Å². The van der Waals surface area contributed by atoms with Crippen molar-refractivity contribution in [2.45, 2.75) is 33.1 Å². The summed E-state index contributed by atoms with van der Waals surface area (Å²) in [5, 5.41) is 3.39. The number of carbonyl (C=O) groups excluding carboxylic acids is 1. The third kappa shape index (κ3) is 3.70. The predicted molar refractivity (Wildman–Crippen MR) is 77.9 cm³/mol. The number of nitrogens with zero attached hydrogens (tertiary/aromatic N) is 1. The summed E-state index contributed by atoms with van der Waals surface area (Å²) in [5.41, 5.74) is 7.28. The number of aryl methyl sites for hydroxylation is 2. The number of hydrogen-bond donors (Lipinski definition) is 2. The molecule has 1 saturated heterocycles. The van der Waals surface area contributed by atoms with Crippen LogP contribution in [-0.2, 0) is 0 Å². The smallest absolute Gasteiger partial charge is 0.254 e. The van der Waals surface area contributed by atoms with Crippen LogP contribution >= 0.6 is 0 Å². The Morgan fingerprint density at radius 2 is 2.35 bits per heavy atom. The minimum absolute atomic E-state index is 0.400. The molecule has 1 aliphatic heterocycles. The number of aromatic nitrogens is 1. The Morgan fingerprint density at radius 3 is 3.00 bits per heavy atom. The van der Waals surface area contributed by atoms with Gasteiger partial charge in [0.2, 0.25) is 0 Å². The summed E-state index contributed by atoms with van der Waals surface area (Å²) >= 11 is 0. The van der Waals surface area contributed by atoms with Gasteiger partial charge in [-0.3, -0.25) is 9.78 Å². The molecule has 2 heterocycles. The Balaban J connectivity index is 1.99. The van der Waals surface area contributed by atoms with Crippen molar-refractivity contribution in [3.63, 3.8) is 0 Å². The van der Waals surface area contributed by atoms with Crippen molar-refractivity contribution in [3.05, 3.63) is 23.0 Å². The maximum atomic E-state index is 11.5. The van der Waals surface area contributed by atoms with Crippen molar-refractivity contribution in [3.8, 4) is 5.75 Å². The fraction of sp³-hybridized carbons (Fsp3) is 0.600. The van der Waals surface area contributed by atoms with Crippen LogP contribution in [-0.4, -0.2) is 30.6 Å². The zero-order valence-corrected chi connectivity index (χ0v) is 12.2. The van der Waals surface area contributed by atoms with Crippen molar-refractivity contribution >= 4 is 5.91 Å². The maximum absolute atomic E-state index is 11.5. The quantitative estimate of drug-likeness (QED) is 0.856. The molecule has 0 radical (unpaired) electrons. The Labute approximate surface area is 119 Å². The number of hydrogen-bond acceptors (Lipinski definition) is 4. The second kappa shape index (κ2) is 6.70. The first-order valence-corrected chi connectivity index (χ1v) is 7.19. The van der Waals surface area contributed by atoms with E-state index in [9.17, 15) is 4.79 Å². The van der Waals surface area contributed by atoms with E-state index in [2.05, 4.69) is 10.3 Å². The standard InChI is InChI=1S/C15H23N3O2/c1-10-8-13(14(15(16)19)11(2)18-10)20-7-5-12-4-3-6-17-9-12/h8,12,17H,3-7,9H2,1-2H3,(H2,16,19). The maximum Gasteiger partial charge on any atom is 0.254 e.